The van der Waals surface area contributed by atoms with Crippen LogP contribution in [-0.2, 0) is 4.79 Å². The van der Waals surface area contributed by atoms with E-state index in [-0.39, 0.29) is 16.9 Å². The van der Waals surface area contributed by atoms with E-state index in [1.165, 1.54) is 0 Å². The summed E-state index contributed by atoms with van der Waals surface area (Å²) in [6, 6.07) is 14.9. The van der Waals surface area contributed by atoms with Gasteiger partial charge in [-0.3, -0.25) is 4.79 Å². The Balaban J connectivity index is 1.98. The highest BCUT2D eigenvalue weighted by molar-refractivity contribution is 7.99. The number of carbonyl (C=O) groups is 1. The van der Waals surface area contributed by atoms with Gasteiger partial charge in [-0.2, -0.15) is 0 Å². The molecule has 2 aromatic rings. The Bertz CT molecular complexity index is 627. The maximum absolute atomic E-state index is 11.9. The molecule has 1 aliphatic rings. The van der Waals surface area contributed by atoms with Crippen molar-refractivity contribution < 1.29 is 9.90 Å². The van der Waals surface area contributed by atoms with Crippen molar-refractivity contribution in [3.05, 3.63) is 54.1 Å². The number of rotatable bonds is 1. The maximum Gasteiger partial charge on any atom is 0.225 e. The molecular formula is C15H13NO2S. The molecule has 2 aromatic carbocycles. The first-order chi connectivity index (χ1) is 9.22. The summed E-state index contributed by atoms with van der Waals surface area (Å²) in [5.74, 6) is 0.238. The zero-order valence-corrected chi connectivity index (χ0v) is 11.0. The molecule has 0 bridgehead atoms. The average Bonchev–Trinajstić information content (AvgIpc) is 2.56. The van der Waals surface area contributed by atoms with Crippen molar-refractivity contribution in [1.82, 2.24) is 0 Å². The molecular weight excluding hydrogens is 258 g/mol. The predicted molar refractivity (Wildman–Crippen MR) is 76.4 cm³/mol. The minimum Gasteiger partial charge on any atom is -0.508 e. The van der Waals surface area contributed by atoms with Gasteiger partial charge in [0.15, 0.2) is 0 Å². The summed E-state index contributed by atoms with van der Waals surface area (Å²) >= 11 is 1.65. The topological polar surface area (TPSA) is 49.3 Å². The molecule has 19 heavy (non-hydrogen) atoms. The Labute approximate surface area is 115 Å². The van der Waals surface area contributed by atoms with Gasteiger partial charge in [0, 0.05) is 16.6 Å². The largest absolute Gasteiger partial charge is 0.508 e. The number of fused-ring (bicyclic) bond motifs is 1. The summed E-state index contributed by atoms with van der Waals surface area (Å²) in [6.07, 6.45) is 0.406. The molecule has 0 unspecified atom stereocenters. The lowest BCUT2D eigenvalue weighted by atomic mass is 10.1. The van der Waals surface area contributed by atoms with Gasteiger partial charge in [0.2, 0.25) is 5.91 Å². The summed E-state index contributed by atoms with van der Waals surface area (Å²) in [5, 5.41) is 12.5. The average molecular weight is 271 g/mol. The van der Waals surface area contributed by atoms with Gasteiger partial charge in [-0.1, -0.05) is 24.3 Å². The fourth-order valence-corrected chi connectivity index (χ4v) is 3.38. The minimum atomic E-state index is 0.00536. The molecule has 1 amide bonds. The molecule has 0 saturated carbocycles. The summed E-state index contributed by atoms with van der Waals surface area (Å²) in [4.78, 5) is 13.0. The third-order valence-corrected chi connectivity index (χ3v) is 4.38. The zero-order valence-electron chi connectivity index (χ0n) is 10.2. The van der Waals surface area contributed by atoms with Gasteiger partial charge in [0.25, 0.3) is 0 Å². The second-order valence-corrected chi connectivity index (χ2v) is 5.69. The molecule has 3 rings (SSSR count). The number of nitrogens with one attached hydrogen (secondary N) is 1. The van der Waals surface area contributed by atoms with Gasteiger partial charge in [-0.25, -0.2) is 0 Å². The van der Waals surface area contributed by atoms with Crippen LogP contribution in [0.4, 0.5) is 5.69 Å². The first-order valence-corrected chi connectivity index (χ1v) is 6.95. The highest BCUT2D eigenvalue weighted by Gasteiger charge is 2.23. The van der Waals surface area contributed by atoms with Crippen LogP contribution in [0.15, 0.2) is 53.4 Å². The van der Waals surface area contributed by atoms with Gasteiger partial charge < -0.3 is 10.4 Å². The Kier molecular flexibility index (Phi) is 3.17. The molecule has 1 aliphatic heterocycles. The van der Waals surface area contributed by atoms with Crippen LogP contribution in [0, 0.1) is 0 Å². The summed E-state index contributed by atoms with van der Waals surface area (Å²) in [6.45, 7) is 0. The van der Waals surface area contributed by atoms with Gasteiger partial charge in [-0.15, -0.1) is 11.8 Å². The zero-order chi connectivity index (χ0) is 13.2. The number of benzene rings is 2. The number of hydrogen-bond acceptors (Lipinski definition) is 3. The molecule has 1 atom stereocenters. The fourth-order valence-electron chi connectivity index (χ4n) is 2.15. The first kappa shape index (κ1) is 12.1. The number of hydrogen-bond donors (Lipinski definition) is 2. The fraction of sp³-hybridized carbons (Fsp3) is 0.133. The Morgan fingerprint density at radius 2 is 2.00 bits per heavy atom. The lowest BCUT2D eigenvalue weighted by molar-refractivity contribution is -0.116. The molecule has 2 N–H and O–H groups in total. The number of carbonyl (C=O) groups excluding carboxylic acids is 1. The summed E-state index contributed by atoms with van der Waals surface area (Å²) < 4.78 is 0. The Hall–Kier alpha value is -1.94. The molecule has 0 fully saturated rings. The number of para-hydroxylation sites is 1. The van der Waals surface area contributed by atoms with Crippen molar-refractivity contribution in [3.8, 4) is 5.75 Å². The number of thioether (sulfide) groups is 1. The second kappa shape index (κ2) is 4.97. The van der Waals surface area contributed by atoms with E-state index in [4.69, 9.17) is 0 Å². The van der Waals surface area contributed by atoms with Crippen LogP contribution in [0.1, 0.15) is 17.2 Å². The second-order valence-electron chi connectivity index (χ2n) is 4.45. The van der Waals surface area contributed by atoms with E-state index in [1.807, 2.05) is 30.3 Å². The number of anilines is 1. The van der Waals surface area contributed by atoms with Crippen LogP contribution in [0.25, 0.3) is 0 Å². The molecule has 96 valence electrons. The lowest BCUT2D eigenvalue weighted by Crippen LogP contribution is -2.11. The molecule has 0 spiro atoms. The van der Waals surface area contributed by atoms with Crippen molar-refractivity contribution in [2.45, 2.75) is 16.6 Å². The minimum absolute atomic E-state index is 0.00536. The van der Waals surface area contributed by atoms with Crippen LogP contribution in [-0.4, -0.2) is 11.0 Å². The van der Waals surface area contributed by atoms with Crippen molar-refractivity contribution in [1.29, 1.82) is 0 Å². The third kappa shape index (κ3) is 2.58. The lowest BCUT2D eigenvalue weighted by Gasteiger charge is -2.13. The van der Waals surface area contributed by atoms with Gasteiger partial charge in [-0.05, 0) is 29.8 Å². The van der Waals surface area contributed by atoms with Gasteiger partial charge in [0.1, 0.15) is 5.75 Å². The maximum atomic E-state index is 11.9. The van der Waals surface area contributed by atoms with Crippen LogP contribution in [0.3, 0.4) is 0 Å². The van der Waals surface area contributed by atoms with Crippen LogP contribution in [0.2, 0.25) is 0 Å². The molecule has 0 aromatic heterocycles. The standard InChI is InChI=1S/C15H13NO2S/c17-11-5-3-4-10(8-11)14-9-15(18)16-12-6-1-2-7-13(12)19-14/h1-8,14,17H,9H2,(H,16,18)/t14-/m1/s1. The molecule has 0 aliphatic carbocycles. The molecule has 1 heterocycles. The van der Waals surface area contributed by atoms with Crippen molar-refractivity contribution in [3.63, 3.8) is 0 Å². The summed E-state index contributed by atoms with van der Waals surface area (Å²) in [7, 11) is 0. The van der Waals surface area contributed by atoms with Crippen molar-refractivity contribution >= 4 is 23.4 Å². The Morgan fingerprint density at radius 3 is 2.84 bits per heavy atom. The van der Waals surface area contributed by atoms with E-state index in [0.29, 0.717) is 6.42 Å². The van der Waals surface area contributed by atoms with E-state index in [9.17, 15) is 9.90 Å². The predicted octanol–water partition coefficient (Wildman–Crippen LogP) is 3.57. The normalized spacial score (nSPS) is 18.3. The van der Waals surface area contributed by atoms with Crippen LogP contribution in [0.5, 0.6) is 5.75 Å². The summed E-state index contributed by atoms with van der Waals surface area (Å²) in [5.41, 5.74) is 1.83. The molecule has 4 heteroatoms. The highest BCUT2D eigenvalue weighted by Crippen LogP contribution is 2.43. The van der Waals surface area contributed by atoms with Gasteiger partial charge >= 0.3 is 0 Å². The molecule has 0 radical (unpaired) electrons. The highest BCUT2D eigenvalue weighted by atomic mass is 32.2. The molecule has 0 saturated heterocycles. The number of aromatic hydroxyl groups is 1. The number of amides is 1. The monoisotopic (exact) mass is 271 g/mol. The quantitative estimate of drug-likeness (QED) is 0.833. The smallest absolute Gasteiger partial charge is 0.225 e. The van der Waals surface area contributed by atoms with E-state index >= 15 is 0 Å². The van der Waals surface area contributed by atoms with E-state index < -0.39 is 0 Å². The molecule has 3 nitrogen and oxygen atoms in total. The Morgan fingerprint density at radius 1 is 1.16 bits per heavy atom. The van der Waals surface area contributed by atoms with Crippen molar-refractivity contribution in [2.24, 2.45) is 0 Å². The first-order valence-electron chi connectivity index (χ1n) is 6.07. The number of phenols is 1. The third-order valence-electron chi connectivity index (χ3n) is 3.04. The van der Waals surface area contributed by atoms with Crippen LogP contribution < -0.4 is 5.32 Å². The van der Waals surface area contributed by atoms with E-state index in [0.717, 1.165) is 16.1 Å². The van der Waals surface area contributed by atoms with Crippen LogP contribution >= 0.6 is 11.8 Å². The van der Waals surface area contributed by atoms with Gasteiger partial charge in [0.05, 0.1) is 5.69 Å². The SMILES string of the molecule is O=C1C[C@H](c2cccc(O)c2)Sc2ccccc2N1. The van der Waals surface area contributed by atoms with Crippen molar-refractivity contribution in [2.75, 3.05) is 5.32 Å². The van der Waals surface area contributed by atoms with E-state index in [1.54, 1.807) is 30.0 Å². The number of phenolic OH excluding ortho intramolecular Hbond substituents is 1. The van der Waals surface area contributed by atoms with E-state index in [2.05, 4.69) is 5.32 Å².